The largest absolute Gasteiger partial charge is 0.346 e. The molecule has 1 fully saturated rings. The number of halogens is 2. The van der Waals surface area contributed by atoms with Crippen molar-refractivity contribution in [2.75, 3.05) is 5.33 Å². The zero-order chi connectivity index (χ0) is 10.9. The van der Waals surface area contributed by atoms with Gasteiger partial charge in [0.05, 0.1) is 16.1 Å². The zero-order valence-corrected chi connectivity index (χ0v) is 10.4. The van der Waals surface area contributed by atoms with Gasteiger partial charge in [-0.2, -0.15) is 0 Å². The second-order valence-electron chi connectivity index (χ2n) is 3.85. The van der Waals surface area contributed by atoms with Crippen molar-refractivity contribution in [3.8, 4) is 0 Å². The first-order valence-electron chi connectivity index (χ1n) is 4.80. The van der Waals surface area contributed by atoms with Crippen LogP contribution in [0.1, 0.15) is 23.2 Å². The van der Waals surface area contributed by atoms with Crippen LogP contribution in [-0.2, 0) is 0 Å². The Hall–Kier alpha value is -0.540. The third-order valence-electron chi connectivity index (χ3n) is 2.61. The Balaban J connectivity index is 2.12. The lowest BCUT2D eigenvalue weighted by Crippen LogP contribution is -2.38. The van der Waals surface area contributed by atoms with E-state index in [4.69, 9.17) is 11.6 Å². The first kappa shape index (κ1) is 11.0. The van der Waals surface area contributed by atoms with Gasteiger partial charge in [0.1, 0.15) is 0 Å². The molecule has 4 heteroatoms. The number of carbonyl (C=O) groups excluding carboxylic acids is 1. The van der Waals surface area contributed by atoms with Crippen LogP contribution in [0.4, 0.5) is 0 Å². The van der Waals surface area contributed by atoms with E-state index < -0.39 is 0 Å². The molecule has 15 heavy (non-hydrogen) atoms. The van der Waals surface area contributed by atoms with Crippen LogP contribution in [0.5, 0.6) is 0 Å². The summed E-state index contributed by atoms with van der Waals surface area (Å²) in [6.45, 7) is 0. The Bertz CT molecular complexity index is 390. The lowest BCUT2D eigenvalue weighted by atomic mass is 10.2. The van der Waals surface area contributed by atoms with Crippen LogP contribution in [0.3, 0.4) is 0 Å². The maximum Gasteiger partial charge on any atom is 0.253 e. The number of benzene rings is 1. The van der Waals surface area contributed by atoms with Crippen LogP contribution in [-0.4, -0.2) is 16.8 Å². The van der Waals surface area contributed by atoms with Crippen molar-refractivity contribution in [2.45, 2.75) is 18.4 Å². The third kappa shape index (κ3) is 2.34. The van der Waals surface area contributed by atoms with Gasteiger partial charge in [-0.15, -0.1) is 0 Å². The minimum Gasteiger partial charge on any atom is -0.346 e. The van der Waals surface area contributed by atoms with Crippen molar-refractivity contribution >= 4 is 33.4 Å². The van der Waals surface area contributed by atoms with Crippen molar-refractivity contribution in [2.24, 2.45) is 0 Å². The minimum atomic E-state index is -0.0856. The Kier molecular flexibility index (Phi) is 3.03. The summed E-state index contributed by atoms with van der Waals surface area (Å²) in [7, 11) is 0. The highest BCUT2D eigenvalue weighted by atomic mass is 79.9. The molecule has 0 bridgehead atoms. The smallest absolute Gasteiger partial charge is 0.253 e. The molecule has 1 aliphatic carbocycles. The van der Waals surface area contributed by atoms with Gasteiger partial charge in [-0.3, -0.25) is 4.79 Å². The van der Waals surface area contributed by atoms with Crippen LogP contribution in [0.25, 0.3) is 0 Å². The predicted octanol–water partition coefficient (Wildman–Crippen LogP) is 3.00. The standard InChI is InChI=1S/C11H11BrClNO/c12-7-11(5-6-11)14-10(15)8-3-1-2-4-9(8)13/h1-4H,5-7H2,(H,14,15). The van der Waals surface area contributed by atoms with Crippen LogP contribution in [0.15, 0.2) is 24.3 Å². The first-order valence-corrected chi connectivity index (χ1v) is 6.30. The lowest BCUT2D eigenvalue weighted by Gasteiger charge is -2.14. The molecule has 0 atom stereocenters. The Labute approximate surface area is 102 Å². The van der Waals surface area contributed by atoms with Crippen molar-refractivity contribution in [3.63, 3.8) is 0 Å². The van der Waals surface area contributed by atoms with Crippen molar-refractivity contribution in [1.29, 1.82) is 0 Å². The van der Waals surface area contributed by atoms with E-state index in [2.05, 4.69) is 21.2 Å². The van der Waals surface area contributed by atoms with E-state index in [1.165, 1.54) is 0 Å². The molecule has 1 N–H and O–H groups in total. The quantitative estimate of drug-likeness (QED) is 0.851. The van der Waals surface area contributed by atoms with Crippen molar-refractivity contribution < 1.29 is 4.79 Å². The van der Waals surface area contributed by atoms with E-state index in [9.17, 15) is 4.79 Å². The van der Waals surface area contributed by atoms with Crippen molar-refractivity contribution in [1.82, 2.24) is 5.32 Å². The molecule has 0 radical (unpaired) electrons. The summed E-state index contributed by atoms with van der Waals surface area (Å²) >= 11 is 9.34. The first-order chi connectivity index (χ1) is 7.17. The number of carbonyl (C=O) groups is 1. The molecule has 1 aromatic carbocycles. The van der Waals surface area contributed by atoms with E-state index in [0.717, 1.165) is 18.2 Å². The highest BCUT2D eigenvalue weighted by Gasteiger charge is 2.43. The Morgan fingerprint density at radius 3 is 2.67 bits per heavy atom. The van der Waals surface area contributed by atoms with E-state index in [1.807, 2.05) is 12.1 Å². The number of hydrogen-bond acceptors (Lipinski definition) is 1. The molecule has 2 nitrogen and oxygen atoms in total. The molecule has 0 unspecified atom stereocenters. The van der Waals surface area contributed by atoms with Gasteiger partial charge in [-0.25, -0.2) is 0 Å². The fourth-order valence-electron chi connectivity index (χ4n) is 1.40. The number of rotatable bonds is 3. The normalized spacial score (nSPS) is 17.2. The van der Waals surface area contributed by atoms with Crippen molar-refractivity contribution in [3.05, 3.63) is 34.9 Å². The van der Waals surface area contributed by atoms with E-state index in [0.29, 0.717) is 10.6 Å². The summed E-state index contributed by atoms with van der Waals surface area (Å²) in [6, 6.07) is 7.09. The Morgan fingerprint density at radius 1 is 1.47 bits per heavy atom. The lowest BCUT2D eigenvalue weighted by molar-refractivity contribution is 0.0936. The molecular formula is C11H11BrClNO. The van der Waals surface area contributed by atoms with Crippen LogP contribution in [0.2, 0.25) is 5.02 Å². The molecule has 0 spiro atoms. The van der Waals surface area contributed by atoms with Crippen LogP contribution in [0, 0.1) is 0 Å². The molecule has 0 aliphatic heterocycles. The molecule has 0 saturated heterocycles. The van der Waals surface area contributed by atoms with Gasteiger partial charge in [0.2, 0.25) is 0 Å². The van der Waals surface area contributed by atoms with E-state index in [-0.39, 0.29) is 11.4 Å². The molecule has 1 aromatic rings. The van der Waals surface area contributed by atoms with Gasteiger partial charge in [-0.05, 0) is 25.0 Å². The average molecular weight is 289 g/mol. The number of hydrogen-bond donors (Lipinski definition) is 1. The molecule has 1 saturated carbocycles. The second-order valence-corrected chi connectivity index (χ2v) is 4.82. The summed E-state index contributed by atoms with van der Waals surface area (Å²) in [4.78, 5) is 11.9. The predicted molar refractivity (Wildman–Crippen MR) is 64.7 cm³/mol. The summed E-state index contributed by atoms with van der Waals surface area (Å²) in [5.74, 6) is -0.0856. The zero-order valence-electron chi connectivity index (χ0n) is 8.09. The number of nitrogens with one attached hydrogen (secondary N) is 1. The molecule has 0 heterocycles. The monoisotopic (exact) mass is 287 g/mol. The summed E-state index contributed by atoms with van der Waals surface area (Å²) < 4.78 is 0. The number of amides is 1. The van der Waals surface area contributed by atoms with E-state index in [1.54, 1.807) is 12.1 Å². The molecular weight excluding hydrogens is 277 g/mol. The maximum atomic E-state index is 11.9. The number of alkyl halides is 1. The van der Waals surface area contributed by atoms with E-state index >= 15 is 0 Å². The van der Waals surface area contributed by atoms with Crippen LogP contribution >= 0.6 is 27.5 Å². The van der Waals surface area contributed by atoms with Gasteiger partial charge in [0.15, 0.2) is 0 Å². The fourth-order valence-corrected chi connectivity index (χ4v) is 2.32. The van der Waals surface area contributed by atoms with Crippen LogP contribution < -0.4 is 5.32 Å². The fraction of sp³-hybridized carbons (Fsp3) is 0.364. The topological polar surface area (TPSA) is 29.1 Å². The van der Waals surface area contributed by atoms with Gasteiger partial charge >= 0.3 is 0 Å². The second kappa shape index (κ2) is 4.14. The molecule has 0 aromatic heterocycles. The highest BCUT2D eigenvalue weighted by molar-refractivity contribution is 9.09. The molecule has 2 rings (SSSR count). The minimum absolute atomic E-state index is 0.0315. The van der Waals surface area contributed by atoms with Gasteiger partial charge in [0, 0.05) is 5.33 Å². The third-order valence-corrected chi connectivity index (χ3v) is 4.01. The molecule has 1 amide bonds. The van der Waals surface area contributed by atoms with Gasteiger partial charge < -0.3 is 5.32 Å². The summed E-state index contributed by atoms with van der Waals surface area (Å²) in [6.07, 6.45) is 2.07. The summed E-state index contributed by atoms with van der Waals surface area (Å²) in [5, 5.41) is 4.31. The molecule has 1 aliphatic rings. The average Bonchev–Trinajstić information content (AvgIpc) is 2.99. The Morgan fingerprint density at radius 2 is 2.13 bits per heavy atom. The van der Waals surface area contributed by atoms with Gasteiger partial charge in [0.25, 0.3) is 5.91 Å². The summed E-state index contributed by atoms with van der Waals surface area (Å²) in [5.41, 5.74) is 0.516. The highest BCUT2D eigenvalue weighted by Crippen LogP contribution is 2.37. The SMILES string of the molecule is O=C(NC1(CBr)CC1)c1ccccc1Cl. The maximum absolute atomic E-state index is 11.9. The molecule has 80 valence electrons. The van der Waals surface area contributed by atoms with Gasteiger partial charge in [-0.1, -0.05) is 39.7 Å².